The zero-order valence-corrected chi connectivity index (χ0v) is 17.5. The molecule has 152 valence electrons. The molecule has 0 aromatic heterocycles. The fourth-order valence-electron chi connectivity index (χ4n) is 3.12. The number of nitro benzene ring substituents is 1. The number of nitrogens with zero attached hydrogens (tertiary/aromatic N) is 4. The molecule has 0 fully saturated rings. The number of benzene rings is 2. The van der Waals surface area contributed by atoms with Gasteiger partial charge in [-0.3, -0.25) is 14.9 Å². The molecule has 9 nitrogen and oxygen atoms in total. The highest BCUT2D eigenvalue weighted by Crippen LogP contribution is 2.40. The molecule has 0 amide bonds. The molecule has 0 saturated carbocycles. The van der Waals surface area contributed by atoms with Crippen molar-refractivity contribution < 1.29 is 19.2 Å². The standard InChI is InChI=1S/C20H15BrN4O5/c1-23-15-5-3-4-6-16(15)24(2)19(23)13(10-22)18(26)11-30-20(27)12-7-8-14(21)17(9-12)25(28)29/h3-9H,11H2,1-2H3. The SMILES string of the molecule is CN1C(=C(C#N)C(=O)COC(=O)c2ccc(Br)c([N+](=O)[O-])c2)N(C)c2ccccc21. The summed E-state index contributed by atoms with van der Waals surface area (Å²) in [6.45, 7) is -0.673. The smallest absolute Gasteiger partial charge is 0.338 e. The van der Waals surface area contributed by atoms with Crippen LogP contribution in [0.25, 0.3) is 0 Å². The van der Waals surface area contributed by atoms with Crippen LogP contribution in [0.5, 0.6) is 0 Å². The van der Waals surface area contributed by atoms with Crippen molar-refractivity contribution in [2.24, 2.45) is 0 Å². The van der Waals surface area contributed by atoms with E-state index in [4.69, 9.17) is 4.74 Å². The molecule has 0 bridgehead atoms. The highest BCUT2D eigenvalue weighted by Gasteiger charge is 2.31. The van der Waals surface area contributed by atoms with Gasteiger partial charge in [0.05, 0.1) is 26.3 Å². The molecule has 0 saturated heterocycles. The van der Waals surface area contributed by atoms with Gasteiger partial charge in [-0.1, -0.05) is 12.1 Å². The van der Waals surface area contributed by atoms with Gasteiger partial charge in [0.2, 0.25) is 5.78 Å². The number of nitriles is 1. The lowest BCUT2D eigenvalue weighted by molar-refractivity contribution is -0.385. The lowest BCUT2D eigenvalue weighted by Gasteiger charge is -2.19. The number of ether oxygens (including phenoxy) is 1. The van der Waals surface area contributed by atoms with E-state index >= 15 is 0 Å². The first-order valence-corrected chi connectivity index (χ1v) is 9.40. The Hall–Kier alpha value is -3.71. The van der Waals surface area contributed by atoms with Crippen molar-refractivity contribution in [3.05, 3.63) is 74.0 Å². The molecule has 3 rings (SSSR count). The Morgan fingerprint density at radius 2 is 1.77 bits per heavy atom. The summed E-state index contributed by atoms with van der Waals surface area (Å²) < 4.78 is 5.22. The Morgan fingerprint density at radius 3 is 2.30 bits per heavy atom. The van der Waals surface area contributed by atoms with Gasteiger partial charge in [-0.05, 0) is 40.2 Å². The van der Waals surface area contributed by atoms with Gasteiger partial charge in [0.15, 0.2) is 6.61 Å². The maximum Gasteiger partial charge on any atom is 0.338 e. The number of hydrogen-bond acceptors (Lipinski definition) is 8. The summed E-state index contributed by atoms with van der Waals surface area (Å²) in [5.74, 6) is -1.21. The quantitative estimate of drug-likeness (QED) is 0.214. The third-order valence-electron chi connectivity index (χ3n) is 4.57. The average Bonchev–Trinajstić information content (AvgIpc) is 2.98. The van der Waals surface area contributed by atoms with Crippen molar-refractivity contribution in [2.75, 3.05) is 30.5 Å². The molecular weight excluding hydrogens is 456 g/mol. The van der Waals surface area contributed by atoms with E-state index in [1.807, 2.05) is 30.3 Å². The summed E-state index contributed by atoms with van der Waals surface area (Å²) in [5.41, 5.74) is 1.11. The minimum absolute atomic E-state index is 0.0774. The van der Waals surface area contributed by atoms with Gasteiger partial charge < -0.3 is 14.5 Å². The predicted molar refractivity (Wildman–Crippen MR) is 112 cm³/mol. The van der Waals surface area contributed by atoms with Crippen LogP contribution in [-0.4, -0.2) is 37.4 Å². The van der Waals surface area contributed by atoms with Gasteiger partial charge >= 0.3 is 5.97 Å². The first-order chi connectivity index (χ1) is 14.3. The van der Waals surface area contributed by atoms with Crippen LogP contribution in [0, 0.1) is 21.4 Å². The lowest BCUT2D eigenvalue weighted by Crippen LogP contribution is -2.27. The molecule has 2 aromatic carbocycles. The van der Waals surface area contributed by atoms with Crippen molar-refractivity contribution in [1.29, 1.82) is 5.26 Å². The molecule has 0 radical (unpaired) electrons. The Kier molecular flexibility index (Phi) is 5.84. The van der Waals surface area contributed by atoms with E-state index in [-0.39, 0.29) is 21.3 Å². The van der Waals surface area contributed by atoms with Crippen molar-refractivity contribution in [3.63, 3.8) is 0 Å². The number of anilines is 2. The highest BCUT2D eigenvalue weighted by atomic mass is 79.9. The number of carbonyl (C=O) groups excluding carboxylic acids is 2. The molecule has 0 aliphatic carbocycles. The van der Waals surface area contributed by atoms with E-state index in [0.717, 1.165) is 17.4 Å². The van der Waals surface area contributed by atoms with E-state index < -0.39 is 23.3 Å². The first-order valence-electron chi connectivity index (χ1n) is 8.61. The number of esters is 1. The average molecular weight is 471 g/mol. The number of carbonyl (C=O) groups is 2. The van der Waals surface area contributed by atoms with E-state index in [1.54, 1.807) is 23.9 Å². The van der Waals surface area contributed by atoms with Crippen LogP contribution in [0.15, 0.2) is 58.3 Å². The number of fused-ring (bicyclic) bond motifs is 1. The zero-order valence-electron chi connectivity index (χ0n) is 16.0. The molecule has 2 aromatic rings. The first kappa shape index (κ1) is 21.0. The molecule has 1 heterocycles. The molecule has 0 atom stereocenters. The summed E-state index contributed by atoms with van der Waals surface area (Å²) in [4.78, 5) is 38.7. The maximum atomic E-state index is 12.6. The molecule has 30 heavy (non-hydrogen) atoms. The van der Waals surface area contributed by atoms with Crippen LogP contribution in [0.1, 0.15) is 10.4 Å². The number of nitro groups is 1. The minimum Gasteiger partial charge on any atom is -0.454 e. The number of hydrogen-bond donors (Lipinski definition) is 0. The summed E-state index contributed by atoms with van der Waals surface area (Å²) >= 11 is 3.03. The summed E-state index contributed by atoms with van der Waals surface area (Å²) in [6, 6.07) is 13.0. The number of para-hydroxylation sites is 2. The molecule has 0 N–H and O–H groups in total. The second kappa shape index (κ2) is 8.34. The van der Waals surface area contributed by atoms with E-state index in [1.165, 1.54) is 12.1 Å². The fourth-order valence-corrected chi connectivity index (χ4v) is 3.51. The van der Waals surface area contributed by atoms with Gasteiger partial charge in [0, 0.05) is 20.2 Å². The topological polar surface area (TPSA) is 117 Å². The molecule has 1 aliphatic heterocycles. The summed E-state index contributed by atoms with van der Waals surface area (Å²) in [7, 11) is 3.46. The molecular formula is C20H15BrN4O5. The molecule has 1 aliphatic rings. The van der Waals surface area contributed by atoms with Gasteiger partial charge in [-0.15, -0.1) is 0 Å². The Morgan fingerprint density at radius 1 is 1.17 bits per heavy atom. The van der Waals surface area contributed by atoms with Crippen LogP contribution in [0.4, 0.5) is 17.1 Å². The zero-order chi connectivity index (χ0) is 22.0. The number of rotatable bonds is 5. The third kappa shape index (κ3) is 3.75. The van der Waals surface area contributed by atoms with Crippen molar-refractivity contribution in [2.45, 2.75) is 0 Å². The number of Topliss-reactive ketones (excluding diaryl/α,β-unsaturated/α-hetero) is 1. The van der Waals surface area contributed by atoms with Crippen LogP contribution in [0.2, 0.25) is 0 Å². The Labute approximate surface area is 180 Å². The van der Waals surface area contributed by atoms with E-state index in [0.29, 0.717) is 5.82 Å². The lowest BCUT2D eigenvalue weighted by atomic mass is 10.1. The van der Waals surface area contributed by atoms with Crippen LogP contribution in [0.3, 0.4) is 0 Å². The van der Waals surface area contributed by atoms with Crippen LogP contribution < -0.4 is 9.80 Å². The van der Waals surface area contributed by atoms with Crippen LogP contribution >= 0.6 is 15.9 Å². The fraction of sp³-hybridized carbons (Fsp3) is 0.150. The minimum atomic E-state index is -0.905. The predicted octanol–water partition coefficient (Wildman–Crippen LogP) is 3.40. The number of halogens is 1. The van der Waals surface area contributed by atoms with Gasteiger partial charge in [0.25, 0.3) is 5.69 Å². The monoisotopic (exact) mass is 470 g/mol. The normalized spacial score (nSPS) is 12.3. The maximum absolute atomic E-state index is 12.6. The molecule has 0 spiro atoms. The largest absolute Gasteiger partial charge is 0.454 e. The third-order valence-corrected chi connectivity index (χ3v) is 5.24. The Balaban J connectivity index is 1.80. The van der Waals surface area contributed by atoms with Gasteiger partial charge in [-0.2, -0.15) is 5.26 Å². The van der Waals surface area contributed by atoms with Gasteiger partial charge in [-0.25, -0.2) is 4.79 Å². The second-order valence-electron chi connectivity index (χ2n) is 6.34. The Bertz CT molecular complexity index is 1110. The van der Waals surface area contributed by atoms with Gasteiger partial charge in [0.1, 0.15) is 17.5 Å². The van der Waals surface area contributed by atoms with Crippen LogP contribution in [-0.2, 0) is 9.53 Å². The second-order valence-corrected chi connectivity index (χ2v) is 7.19. The van der Waals surface area contributed by atoms with Crippen molar-refractivity contribution in [1.82, 2.24) is 0 Å². The summed E-state index contributed by atoms with van der Waals surface area (Å²) in [5, 5.41) is 20.6. The number of ketones is 1. The molecule has 10 heteroatoms. The van der Waals surface area contributed by atoms with Crippen molar-refractivity contribution in [3.8, 4) is 6.07 Å². The van der Waals surface area contributed by atoms with E-state index in [9.17, 15) is 25.0 Å². The molecule has 0 unspecified atom stereocenters. The highest BCUT2D eigenvalue weighted by molar-refractivity contribution is 9.10. The van der Waals surface area contributed by atoms with Crippen molar-refractivity contribution >= 4 is 44.7 Å². The van der Waals surface area contributed by atoms with E-state index in [2.05, 4.69) is 15.9 Å². The summed E-state index contributed by atoms with van der Waals surface area (Å²) in [6.07, 6.45) is 0.